The summed E-state index contributed by atoms with van der Waals surface area (Å²) in [6, 6.07) is 4.33. The number of aryl methyl sites for hydroxylation is 1. The maximum absolute atomic E-state index is 13.5. The molecule has 154 valence electrons. The van der Waals surface area contributed by atoms with E-state index in [1.165, 1.54) is 6.07 Å². The van der Waals surface area contributed by atoms with Gasteiger partial charge in [-0.3, -0.25) is 9.59 Å². The number of rotatable bonds is 4. The van der Waals surface area contributed by atoms with Crippen LogP contribution in [0.5, 0.6) is 0 Å². The zero-order chi connectivity index (χ0) is 20.9. The van der Waals surface area contributed by atoms with Crippen LogP contribution in [0.15, 0.2) is 18.2 Å². The van der Waals surface area contributed by atoms with Gasteiger partial charge in [0, 0.05) is 18.8 Å². The summed E-state index contributed by atoms with van der Waals surface area (Å²) in [6.07, 6.45) is 0.496. The van der Waals surface area contributed by atoms with Crippen molar-refractivity contribution in [3.05, 3.63) is 29.6 Å². The average Bonchev–Trinajstić information content (AvgIpc) is 2.61. The van der Waals surface area contributed by atoms with Gasteiger partial charge in [0.2, 0.25) is 0 Å². The number of nitrogens with one attached hydrogen (secondary N) is 1. The Kier molecular flexibility index (Phi) is 6.99. The highest BCUT2D eigenvalue weighted by Crippen LogP contribution is 2.21. The molecule has 1 saturated heterocycles. The summed E-state index contributed by atoms with van der Waals surface area (Å²) in [6.45, 7) is 7.35. The first-order valence-corrected chi connectivity index (χ1v) is 9.26. The second-order valence-electron chi connectivity index (χ2n) is 7.86. The molecule has 1 aliphatic rings. The number of ether oxygens (including phenoxy) is 2. The number of piperidine rings is 1. The van der Waals surface area contributed by atoms with Gasteiger partial charge in [-0.2, -0.15) is 0 Å². The van der Waals surface area contributed by atoms with Gasteiger partial charge in [0.25, 0.3) is 5.91 Å². The number of benzene rings is 1. The number of esters is 1. The number of anilines is 1. The molecule has 2 amide bonds. The number of likely N-dealkylation sites (tertiary alicyclic amines) is 1. The highest BCUT2D eigenvalue weighted by Gasteiger charge is 2.30. The minimum atomic E-state index is -0.569. The number of hydrogen-bond donors (Lipinski definition) is 1. The van der Waals surface area contributed by atoms with Crippen LogP contribution < -0.4 is 5.32 Å². The maximum atomic E-state index is 13.5. The van der Waals surface area contributed by atoms with Crippen molar-refractivity contribution in [1.29, 1.82) is 0 Å². The topological polar surface area (TPSA) is 84.9 Å². The molecule has 8 heteroatoms. The molecule has 0 unspecified atom stereocenters. The van der Waals surface area contributed by atoms with Gasteiger partial charge in [0.15, 0.2) is 6.61 Å². The first-order valence-electron chi connectivity index (χ1n) is 9.26. The lowest BCUT2D eigenvalue weighted by atomic mass is 9.97. The van der Waals surface area contributed by atoms with Gasteiger partial charge in [-0.25, -0.2) is 9.18 Å². The largest absolute Gasteiger partial charge is 0.455 e. The molecule has 1 heterocycles. The molecule has 0 bridgehead atoms. The molecule has 2 rings (SSSR count). The van der Waals surface area contributed by atoms with Crippen LogP contribution in [0.4, 0.5) is 14.9 Å². The van der Waals surface area contributed by atoms with E-state index >= 15 is 0 Å². The number of amides is 2. The van der Waals surface area contributed by atoms with Crippen LogP contribution in [0.2, 0.25) is 0 Å². The zero-order valence-corrected chi connectivity index (χ0v) is 16.7. The molecule has 1 aromatic rings. The molecule has 1 N–H and O–H groups in total. The lowest BCUT2D eigenvalue weighted by Gasteiger charge is -2.32. The Bertz CT molecular complexity index is 737. The molecule has 0 radical (unpaired) electrons. The summed E-state index contributed by atoms with van der Waals surface area (Å²) in [5.74, 6) is -1.81. The summed E-state index contributed by atoms with van der Waals surface area (Å²) in [5, 5.41) is 2.49. The Hall–Kier alpha value is -2.64. The minimum Gasteiger partial charge on any atom is -0.455 e. The normalized spacial score (nSPS) is 15.1. The van der Waals surface area contributed by atoms with Crippen molar-refractivity contribution < 1.29 is 28.2 Å². The second-order valence-corrected chi connectivity index (χ2v) is 7.86. The number of carbonyl (C=O) groups is 3. The van der Waals surface area contributed by atoms with Crippen LogP contribution in [-0.4, -0.2) is 48.2 Å². The van der Waals surface area contributed by atoms with Crippen LogP contribution in [0.3, 0.4) is 0 Å². The van der Waals surface area contributed by atoms with Crippen LogP contribution in [0.1, 0.15) is 39.2 Å². The molecule has 0 aliphatic carbocycles. The Labute approximate surface area is 164 Å². The van der Waals surface area contributed by atoms with E-state index in [0.29, 0.717) is 37.2 Å². The van der Waals surface area contributed by atoms with E-state index in [2.05, 4.69) is 5.32 Å². The Balaban J connectivity index is 1.74. The van der Waals surface area contributed by atoms with E-state index < -0.39 is 36.0 Å². The van der Waals surface area contributed by atoms with Gasteiger partial charge in [0.05, 0.1) is 5.92 Å². The average molecular weight is 394 g/mol. The van der Waals surface area contributed by atoms with Crippen LogP contribution >= 0.6 is 0 Å². The number of hydrogen-bond acceptors (Lipinski definition) is 5. The van der Waals surface area contributed by atoms with Crippen molar-refractivity contribution in [2.24, 2.45) is 5.92 Å². The molecular formula is C20H27FN2O5. The molecular weight excluding hydrogens is 367 g/mol. The zero-order valence-electron chi connectivity index (χ0n) is 16.7. The molecule has 0 saturated carbocycles. The van der Waals surface area contributed by atoms with E-state index in [1.807, 2.05) is 0 Å². The summed E-state index contributed by atoms with van der Waals surface area (Å²) >= 11 is 0. The molecule has 0 spiro atoms. The lowest BCUT2D eigenvalue weighted by Crippen LogP contribution is -2.43. The molecule has 0 aromatic heterocycles. The van der Waals surface area contributed by atoms with Gasteiger partial charge in [-0.1, -0.05) is 6.07 Å². The number of carbonyl (C=O) groups excluding carboxylic acids is 3. The smallest absolute Gasteiger partial charge is 0.410 e. The summed E-state index contributed by atoms with van der Waals surface area (Å²) in [4.78, 5) is 37.6. The third-order valence-corrected chi connectivity index (χ3v) is 4.28. The predicted molar refractivity (Wildman–Crippen MR) is 101 cm³/mol. The van der Waals surface area contributed by atoms with E-state index in [4.69, 9.17) is 9.47 Å². The Morgan fingerprint density at radius 3 is 2.43 bits per heavy atom. The van der Waals surface area contributed by atoms with Crippen molar-refractivity contribution in [2.45, 2.75) is 46.1 Å². The van der Waals surface area contributed by atoms with Gasteiger partial charge in [-0.05, 0) is 58.2 Å². The van der Waals surface area contributed by atoms with Crippen LogP contribution in [0.25, 0.3) is 0 Å². The van der Waals surface area contributed by atoms with E-state index in [0.717, 1.165) is 0 Å². The third-order valence-electron chi connectivity index (χ3n) is 4.28. The second kappa shape index (κ2) is 9.03. The fourth-order valence-corrected chi connectivity index (χ4v) is 2.75. The molecule has 28 heavy (non-hydrogen) atoms. The summed E-state index contributed by atoms with van der Waals surface area (Å²) in [7, 11) is 0. The SMILES string of the molecule is Cc1ccc(NC(=O)COC(=O)C2CCN(C(=O)OC(C)(C)C)CC2)cc1F. The minimum absolute atomic E-state index is 0.301. The summed E-state index contributed by atoms with van der Waals surface area (Å²) in [5.41, 5.74) is 0.206. The monoisotopic (exact) mass is 394 g/mol. The first-order chi connectivity index (χ1) is 13.0. The van der Waals surface area contributed by atoms with E-state index in [-0.39, 0.29) is 5.92 Å². The fourth-order valence-electron chi connectivity index (χ4n) is 2.75. The number of nitrogens with zero attached hydrogens (tertiary/aromatic N) is 1. The standard InChI is InChI=1S/C20H27FN2O5/c1-13-5-6-15(11-16(13)21)22-17(24)12-27-18(25)14-7-9-23(10-8-14)19(26)28-20(2,3)4/h5-6,11,14H,7-10,12H2,1-4H3,(H,22,24). The van der Waals surface area contributed by atoms with Crippen LogP contribution in [-0.2, 0) is 19.1 Å². The third kappa shape index (κ3) is 6.51. The van der Waals surface area contributed by atoms with Crippen molar-refractivity contribution in [3.63, 3.8) is 0 Å². The highest BCUT2D eigenvalue weighted by atomic mass is 19.1. The quantitative estimate of drug-likeness (QED) is 0.793. The first kappa shape index (κ1) is 21.7. The Morgan fingerprint density at radius 1 is 1.21 bits per heavy atom. The Morgan fingerprint density at radius 2 is 1.86 bits per heavy atom. The predicted octanol–water partition coefficient (Wildman–Crippen LogP) is 3.26. The molecule has 1 aliphatic heterocycles. The molecule has 1 aromatic carbocycles. The van der Waals surface area contributed by atoms with Crippen molar-refractivity contribution in [2.75, 3.05) is 25.0 Å². The lowest BCUT2D eigenvalue weighted by molar-refractivity contribution is -0.153. The van der Waals surface area contributed by atoms with E-state index in [1.54, 1.807) is 44.7 Å². The molecule has 1 fully saturated rings. The fraction of sp³-hybridized carbons (Fsp3) is 0.550. The maximum Gasteiger partial charge on any atom is 0.410 e. The van der Waals surface area contributed by atoms with Crippen LogP contribution in [0, 0.1) is 18.7 Å². The van der Waals surface area contributed by atoms with Crippen molar-refractivity contribution in [3.8, 4) is 0 Å². The van der Waals surface area contributed by atoms with Gasteiger partial charge < -0.3 is 19.7 Å². The molecule has 0 atom stereocenters. The molecule has 7 nitrogen and oxygen atoms in total. The van der Waals surface area contributed by atoms with Crippen molar-refractivity contribution in [1.82, 2.24) is 4.90 Å². The van der Waals surface area contributed by atoms with Gasteiger partial charge >= 0.3 is 12.1 Å². The van der Waals surface area contributed by atoms with Gasteiger partial charge in [-0.15, -0.1) is 0 Å². The van der Waals surface area contributed by atoms with Crippen molar-refractivity contribution >= 4 is 23.7 Å². The van der Waals surface area contributed by atoms with E-state index in [9.17, 15) is 18.8 Å². The summed E-state index contributed by atoms with van der Waals surface area (Å²) < 4.78 is 23.9. The highest BCUT2D eigenvalue weighted by molar-refractivity contribution is 5.92. The van der Waals surface area contributed by atoms with Gasteiger partial charge in [0.1, 0.15) is 11.4 Å². The number of halogens is 1.